The lowest BCUT2D eigenvalue weighted by Crippen LogP contribution is -2.36. The Kier molecular flexibility index (Phi) is 2.27. The summed E-state index contributed by atoms with van der Waals surface area (Å²) in [5.74, 6) is 0.753. The number of rotatable bonds is 0. The van der Waals surface area contributed by atoms with E-state index < -0.39 is 0 Å². The number of carbonyl (C=O) groups excluding carboxylic acids is 1. The van der Waals surface area contributed by atoms with Crippen LogP contribution in [0.2, 0.25) is 0 Å². The van der Waals surface area contributed by atoms with Gasteiger partial charge in [0.15, 0.2) is 0 Å². The molecule has 2 aromatic rings. The zero-order valence-electron chi connectivity index (χ0n) is 11.9. The summed E-state index contributed by atoms with van der Waals surface area (Å²) in [7, 11) is 0. The van der Waals surface area contributed by atoms with Gasteiger partial charge in [0.1, 0.15) is 5.78 Å². The summed E-state index contributed by atoms with van der Waals surface area (Å²) < 4.78 is 0. The van der Waals surface area contributed by atoms with E-state index in [0.29, 0.717) is 18.1 Å². The first-order chi connectivity index (χ1) is 9.62. The van der Waals surface area contributed by atoms with Crippen molar-refractivity contribution in [1.82, 2.24) is 0 Å². The second-order valence-corrected chi connectivity index (χ2v) is 6.35. The van der Waals surface area contributed by atoms with Crippen LogP contribution in [0.25, 0.3) is 11.1 Å². The summed E-state index contributed by atoms with van der Waals surface area (Å²) in [5.41, 5.74) is 6.11. The molecule has 20 heavy (non-hydrogen) atoms. The van der Waals surface area contributed by atoms with Crippen molar-refractivity contribution in [2.45, 2.75) is 38.0 Å². The van der Waals surface area contributed by atoms with Crippen molar-refractivity contribution in [2.24, 2.45) is 0 Å². The quantitative estimate of drug-likeness (QED) is 0.688. The third kappa shape index (κ3) is 1.30. The molecule has 0 bridgehead atoms. The lowest BCUT2D eigenvalue weighted by Gasteiger charge is -2.38. The molecule has 1 heteroatoms. The molecule has 0 aromatic heterocycles. The van der Waals surface area contributed by atoms with E-state index in [1.54, 1.807) is 0 Å². The molecule has 0 amide bonds. The van der Waals surface area contributed by atoms with E-state index in [2.05, 4.69) is 56.3 Å². The van der Waals surface area contributed by atoms with Crippen LogP contribution in [0, 0.1) is 6.92 Å². The van der Waals surface area contributed by atoms with E-state index in [-0.39, 0.29) is 5.41 Å². The highest BCUT2D eigenvalue weighted by Crippen LogP contribution is 2.56. The van der Waals surface area contributed by atoms with Crippen molar-refractivity contribution in [3.63, 3.8) is 0 Å². The van der Waals surface area contributed by atoms with Crippen LogP contribution < -0.4 is 0 Å². The molecule has 0 N–H and O–H groups in total. The SMILES string of the molecule is Cc1ccc2c(c1)-c1ccccc1[C@H]1CCC(=O)[C@]21C. The number of hydrogen-bond acceptors (Lipinski definition) is 1. The van der Waals surface area contributed by atoms with E-state index in [9.17, 15) is 4.79 Å². The predicted molar refractivity (Wildman–Crippen MR) is 80.9 cm³/mol. The van der Waals surface area contributed by atoms with Crippen LogP contribution in [-0.2, 0) is 10.2 Å². The highest BCUT2D eigenvalue weighted by molar-refractivity contribution is 5.98. The first-order valence-corrected chi connectivity index (χ1v) is 7.36. The smallest absolute Gasteiger partial charge is 0.143 e. The van der Waals surface area contributed by atoms with Gasteiger partial charge in [-0.2, -0.15) is 0 Å². The van der Waals surface area contributed by atoms with E-state index in [0.717, 1.165) is 6.42 Å². The van der Waals surface area contributed by atoms with Crippen molar-refractivity contribution in [1.29, 1.82) is 0 Å². The molecule has 4 rings (SSSR count). The summed E-state index contributed by atoms with van der Waals surface area (Å²) in [6, 6.07) is 15.2. The second kappa shape index (κ2) is 3.82. The Labute approximate surface area is 119 Å². The summed E-state index contributed by atoms with van der Waals surface area (Å²) >= 11 is 0. The highest BCUT2D eigenvalue weighted by atomic mass is 16.1. The second-order valence-electron chi connectivity index (χ2n) is 6.35. The molecule has 2 aliphatic rings. The van der Waals surface area contributed by atoms with Gasteiger partial charge in [0.05, 0.1) is 5.41 Å². The number of fused-ring (bicyclic) bond motifs is 6. The van der Waals surface area contributed by atoms with Gasteiger partial charge in [-0.15, -0.1) is 0 Å². The van der Waals surface area contributed by atoms with Gasteiger partial charge in [-0.3, -0.25) is 4.79 Å². The molecule has 0 radical (unpaired) electrons. The minimum absolute atomic E-state index is 0.322. The topological polar surface area (TPSA) is 17.1 Å². The first-order valence-electron chi connectivity index (χ1n) is 7.36. The van der Waals surface area contributed by atoms with Crippen LogP contribution >= 0.6 is 0 Å². The fourth-order valence-corrected chi connectivity index (χ4v) is 4.20. The summed E-state index contributed by atoms with van der Waals surface area (Å²) in [5, 5.41) is 0. The maximum atomic E-state index is 12.6. The molecular weight excluding hydrogens is 244 g/mol. The molecule has 0 aliphatic heterocycles. The highest BCUT2D eigenvalue weighted by Gasteiger charge is 2.51. The Hall–Kier alpha value is -1.89. The Morgan fingerprint density at radius 2 is 1.90 bits per heavy atom. The van der Waals surface area contributed by atoms with Crippen LogP contribution in [0.3, 0.4) is 0 Å². The molecule has 0 spiro atoms. The maximum absolute atomic E-state index is 12.6. The molecule has 1 nitrogen and oxygen atoms in total. The molecular formula is C19H18O. The van der Waals surface area contributed by atoms with Gasteiger partial charge in [0.2, 0.25) is 0 Å². The fraction of sp³-hybridized carbons (Fsp3) is 0.316. The van der Waals surface area contributed by atoms with Crippen LogP contribution in [-0.4, -0.2) is 5.78 Å². The normalized spacial score (nSPS) is 26.9. The summed E-state index contributed by atoms with van der Waals surface area (Å²) in [6.07, 6.45) is 1.70. The standard InChI is InChI=1S/C19H18O/c1-12-7-8-17-15(11-12)13-5-3-4-6-14(13)16-9-10-18(20)19(16,17)2/h3-8,11,16H,9-10H2,1-2H3/t16-,19+/m1/s1. The van der Waals surface area contributed by atoms with Crippen molar-refractivity contribution in [3.8, 4) is 11.1 Å². The zero-order chi connectivity index (χ0) is 13.9. The van der Waals surface area contributed by atoms with Gasteiger partial charge >= 0.3 is 0 Å². The monoisotopic (exact) mass is 262 g/mol. The molecule has 100 valence electrons. The number of benzene rings is 2. The third-order valence-electron chi connectivity index (χ3n) is 5.30. The van der Waals surface area contributed by atoms with E-state index in [1.165, 1.54) is 27.8 Å². The molecule has 2 aliphatic carbocycles. The third-order valence-corrected chi connectivity index (χ3v) is 5.30. The molecule has 0 saturated heterocycles. The average molecular weight is 262 g/mol. The lowest BCUT2D eigenvalue weighted by atomic mass is 9.63. The number of Topliss-reactive ketones (excluding diaryl/α,β-unsaturated/α-hetero) is 1. The van der Waals surface area contributed by atoms with Gasteiger partial charge in [0.25, 0.3) is 0 Å². The Morgan fingerprint density at radius 3 is 2.75 bits per heavy atom. The number of hydrogen-bond donors (Lipinski definition) is 0. The van der Waals surface area contributed by atoms with E-state index in [1.807, 2.05) is 0 Å². The first kappa shape index (κ1) is 11.9. The number of ketones is 1. The summed E-state index contributed by atoms with van der Waals surface area (Å²) in [4.78, 5) is 12.6. The van der Waals surface area contributed by atoms with Gasteiger partial charge < -0.3 is 0 Å². The maximum Gasteiger partial charge on any atom is 0.143 e. The van der Waals surface area contributed by atoms with Crippen molar-refractivity contribution in [2.75, 3.05) is 0 Å². The minimum Gasteiger partial charge on any atom is -0.299 e. The number of carbonyl (C=O) groups is 1. The Balaban J connectivity index is 2.11. The molecule has 2 atom stereocenters. The van der Waals surface area contributed by atoms with E-state index in [4.69, 9.17) is 0 Å². The van der Waals surface area contributed by atoms with Crippen LogP contribution in [0.5, 0.6) is 0 Å². The van der Waals surface area contributed by atoms with Crippen LogP contribution in [0.4, 0.5) is 0 Å². The molecule has 0 unspecified atom stereocenters. The van der Waals surface area contributed by atoms with Crippen LogP contribution in [0.15, 0.2) is 42.5 Å². The minimum atomic E-state index is -0.322. The Morgan fingerprint density at radius 1 is 1.10 bits per heavy atom. The molecule has 1 fully saturated rings. The number of aryl methyl sites for hydroxylation is 1. The molecule has 0 heterocycles. The van der Waals surface area contributed by atoms with Crippen molar-refractivity contribution in [3.05, 3.63) is 59.2 Å². The zero-order valence-corrected chi connectivity index (χ0v) is 11.9. The van der Waals surface area contributed by atoms with Gasteiger partial charge in [0, 0.05) is 12.3 Å². The molecule has 1 saturated carbocycles. The van der Waals surface area contributed by atoms with Crippen LogP contribution in [0.1, 0.15) is 42.4 Å². The molecule has 2 aromatic carbocycles. The largest absolute Gasteiger partial charge is 0.299 e. The predicted octanol–water partition coefficient (Wildman–Crippen LogP) is 4.38. The van der Waals surface area contributed by atoms with E-state index >= 15 is 0 Å². The van der Waals surface area contributed by atoms with Crippen molar-refractivity contribution >= 4 is 5.78 Å². The lowest BCUT2D eigenvalue weighted by molar-refractivity contribution is -0.121. The van der Waals surface area contributed by atoms with Gasteiger partial charge in [-0.25, -0.2) is 0 Å². The average Bonchev–Trinajstić information content (AvgIpc) is 2.76. The van der Waals surface area contributed by atoms with Crippen molar-refractivity contribution < 1.29 is 4.79 Å². The summed E-state index contributed by atoms with van der Waals surface area (Å²) in [6.45, 7) is 4.27. The van der Waals surface area contributed by atoms with Gasteiger partial charge in [-0.05, 0) is 42.5 Å². The fourth-order valence-electron chi connectivity index (χ4n) is 4.20. The Bertz CT molecular complexity index is 728. The van der Waals surface area contributed by atoms with Gasteiger partial charge in [-0.1, -0.05) is 48.0 Å².